The van der Waals surface area contributed by atoms with Crippen LogP contribution in [0, 0.1) is 0 Å². The Balaban J connectivity index is 1.37. The van der Waals surface area contributed by atoms with E-state index >= 15 is 0 Å². The summed E-state index contributed by atoms with van der Waals surface area (Å²) in [6, 6.07) is 6.41. The van der Waals surface area contributed by atoms with Gasteiger partial charge in [-0.2, -0.15) is 0 Å². The third-order valence-corrected chi connectivity index (χ3v) is 6.01. The number of thioether (sulfide) groups is 1. The zero-order valence-corrected chi connectivity index (χ0v) is 14.7. The molecule has 5 rings (SSSR count). The maximum absolute atomic E-state index is 10.3. The maximum Gasteiger partial charge on any atom is 0.185 e. The zero-order valence-electron chi connectivity index (χ0n) is 13.9. The molecule has 2 atom stereocenters. The highest BCUT2D eigenvalue weighted by Gasteiger charge is 2.30. The molecule has 26 heavy (non-hydrogen) atoms. The molecule has 2 aliphatic heterocycles. The molecule has 0 amide bonds. The number of phenols is 1. The Kier molecular flexibility index (Phi) is 3.83. The number of aromatic nitrogens is 4. The molecule has 2 aliphatic rings. The van der Waals surface area contributed by atoms with Crippen LogP contribution in [0.1, 0.15) is 12.8 Å². The van der Waals surface area contributed by atoms with E-state index in [1.165, 1.54) is 0 Å². The van der Waals surface area contributed by atoms with Gasteiger partial charge in [-0.25, -0.2) is 4.98 Å². The molecule has 0 radical (unpaired) electrons. The SMILES string of the molecule is Oc1cc2cnccc2cc1-c1ncc(SC2CC3C=CC(C2)N3)nn1. The van der Waals surface area contributed by atoms with E-state index in [-0.39, 0.29) is 5.75 Å². The quantitative estimate of drug-likeness (QED) is 0.692. The van der Waals surface area contributed by atoms with E-state index in [1.54, 1.807) is 36.4 Å². The highest BCUT2D eigenvalue weighted by Crippen LogP contribution is 2.34. The predicted octanol–water partition coefficient (Wildman–Crippen LogP) is 2.94. The van der Waals surface area contributed by atoms with Crippen LogP contribution in [0.3, 0.4) is 0 Å². The molecule has 0 saturated carbocycles. The van der Waals surface area contributed by atoms with Crippen LogP contribution in [-0.2, 0) is 0 Å². The Morgan fingerprint density at radius 1 is 1.04 bits per heavy atom. The summed E-state index contributed by atoms with van der Waals surface area (Å²) in [6.07, 6.45) is 11.9. The van der Waals surface area contributed by atoms with Gasteiger partial charge in [-0.3, -0.25) is 4.98 Å². The number of aromatic hydroxyl groups is 1. The topological polar surface area (TPSA) is 83.8 Å². The van der Waals surface area contributed by atoms with Crippen molar-refractivity contribution < 1.29 is 5.11 Å². The second kappa shape index (κ2) is 6.34. The van der Waals surface area contributed by atoms with Crippen LogP contribution in [0.2, 0.25) is 0 Å². The summed E-state index contributed by atoms with van der Waals surface area (Å²) in [7, 11) is 0. The second-order valence-electron chi connectivity index (χ2n) is 6.69. The van der Waals surface area contributed by atoms with E-state index in [9.17, 15) is 5.11 Å². The summed E-state index contributed by atoms with van der Waals surface area (Å²) in [5.74, 6) is 0.561. The first-order valence-corrected chi connectivity index (χ1v) is 9.50. The molecular weight excluding hydrogens is 346 g/mol. The molecule has 2 unspecified atom stereocenters. The molecule has 0 spiro atoms. The summed E-state index contributed by atoms with van der Waals surface area (Å²) in [4.78, 5) is 8.51. The minimum Gasteiger partial charge on any atom is -0.507 e. The molecule has 2 bridgehead atoms. The number of piperidine rings is 1. The van der Waals surface area contributed by atoms with Crippen LogP contribution in [0.15, 0.2) is 54.0 Å². The lowest BCUT2D eigenvalue weighted by Crippen LogP contribution is -2.40. The third-order valence-electron chi connectivity index (χ3n) is 4.86. The first-order chi connectivity index (χ1) is 12.7. The summed E-state index contributed by atoms with van der Waals surface area (Å²) in [6.45, 7) is 0. The Bertz CT molecular complexity index is 977. The molecule has 2 aromatic heterocycles. The maximum atomic E-state index is 10.3. The van der Waals surface area contributed by atoms with Gasteiger partial charge in [-0.15, -0.1) is 10.2 Å². The van der Waals surface area contributed by atoms with E-state index in [2.05, 4.69) is 37.6 Å². The van der Waals surface area contributed by atoms with Gasteiger partial charge < -0.3 is 10.4 Å². The van der Waals surface area contributed by atoms with Crippen molar-refractivity contribution >= 4 is 22.5 Å². The summed E-state index contributed by atoms with van der Waals surface area (Å²) in [5, 5.41) is 25.6. The van der Waals surface area contributed by atoms with Crippen molar-refractivity contribution in [1.29, 1.82) is 0 Å². The van der Waals surface area contributed by atoms with Crippen molar-refractivity contribution in [3.8, 4) is 17.1 Å². The molecule has 1 saturated heterocycles. The van der Waals surface area contributed by atoms with Gasteiger partial charge in [0, 0.05) is 35.1 Å². The first-order valence-electron chi connectivity index (χ1n) is 8.62. The first kappa shape index (κ1) is 15.7. The Labute approximate surface area is 154 Å². The summed E-state index contributed by atoms with van der Waals surface area (Å²) < 4.78 is 0. The monoisotopic (exact) mass is 363 g/mol. The number of hydrogen-bond donors (Lipinski definition) is 2. The fourth-order valence-electron chi connectivity index (χ4n) is 3.62. The average Bonchev–Trinajstić information content (AvgIpc) is 3.00. The van der Waals surface area contributed by atoms with Crippen molar-refractivity contribution in [2.75, 3.05) is 0 Å². The highest BCUT2D eigenvalue weighted by atomic mass is 32.2. The van der Waals surface area contributed by atoms with E-state index in [0.717, 1.165) is 28.6 Å². The van der Waals surface area contributed by atoms with Crippen molar-refractivity contribution in [2.45, 2.75) is 35.2 Å². The number of rotatable bonds is 3. The number of nitrogens with zero attached hydrogens (tertiary/aromatic N) is 4. The minimum atomic E-state index is 0.133. The molecule has 2 N–H and O–H groups in total. The number of hydrogen-bond acceptors (Lipinski definition) is 7. The lowest BCUT2D eigenvalue weighted by atomic mass is 10.0. The minimum absolute atomic E-state index is 0.133. The molecule has 1 fully saturated rings. The smallest absolute Gasteiger partial charge is 0.185 e. The van der Waals surface area contributed by atoms with Gasteiger partial charge in [0.05, 0.1) is 11.8 Å². The van der Waals surface area contributed by atoms with Crippen LogP contribution in [0.25, 0.3) is 22.2 Å². The average molecular weight is 363 g/mol. The molecule has 130 valence electrons. The fourth-order valence-corrected chi connectivity index (χ4v) is 4.77. The zero-order chi connectivity index (χ0) is 17.5. The number of pyridine rings is 1. The van der Waals surface area contributed by atoms with E-state index in [0.29, 0.717) is 28.7 Å². The summed E-state index contributed by atoms with van der Waals surface area (Å²) in [5.41, 5.74) is 0.580. The Hall–Kier alpha value is -2.51. The van der Waals surface area contributed by atoms with E-state index in [4.69, 9.17) is 0 Å². The van der Waals surface area contributed by atoms with Crippen molar-refractivity contribution in [3.63, 3.8) is 0 Å². The van der Waals surface area contributed by atoms with Gasteiger partial charge in [0.25, 0.3) is 0 Å². The van der Waals surface area contributed by atoms with Crippen LogP contribution in [-0.4, -0.2) is 42.6 Å². The van der Waals surface area contributed by atoms with Crippen molar-refractivity contribution in [1.82, 2.24) is 25.5 Å². The van der Waals surface area contributed by atoms with Crippen molar-refractivity contribution in [3.05, 3.63) is 48.9 Å². The van der Waals surface area contributed by atoms with Gasteiger partial charge in [0.1, 0.15) is 10.8 Å². The molecule has 1 aromatic carbocycles. The third kappa shape index (κ3) is 2.93. The van der Waals surface area contributed by atoms with Crippen LogP contribution in [0.4, 0.5) is 0 Å². The normalized spacial score (nSPS) is 24.2. The van der Waals surface area contributed by atoms with Gasteiger partial charge in [-0.05, 0) is 36.4 Å². The standard InChI is InChI=1S/C19H17N5OS/c25-17-6-12-9-20-4-3-11(12)5-16(17)19-21-10-18(23-24-19)26-15-7-13-1-2-14(8-15)22-13/h1-6,9-10,13-15,22,25H,7-8H2. The van der Waals surface area contributed by atoms with E-state index < -0.39 is 0 Å². The summed E-state index contributed by atoms with van der Waals surface area (Å²) >= 11 is 1.74. The lowest BCUT2D eigenvalue weighted by Gasteiger charge is -2.28. The Morgan fingerprint density at radius 2 is 1.88 bits per heavy atom. The molecule has 7 heteroatoms. The predicted molar refractivity (Wildman–Crippen MR) is 101 cm³/mol. The molecule has 6 nitrogen and oxygen atoms in total. The number of benzene rings is 1. The number of phenolic OH excluding ortho intramolecular Hbond substituents is 1. The van der Waals surface area contributed by atoms with Gasteiger partial charge in [-0.1, -0.05) is 23.9 Å². The van der Waals surface area contributed by atoms with Gasteiger partial charge in [0.2, 0.25) is 0 Å². The van der Waals surface area contributed by atoms with Gasteiger partial charge >= 0.3 is 0 Å². The molecule has 3 aromatic rings. The molecule has 4 heterocycles. The highest BCUT2D eigenvalue weighted by molar-refractivity contribution is 7.99. The second-order valence-corrected chi connectivity index (χ2v) is 8.01. The van der Waals surface area contributed by atoms with E-state index in [1.807, 2.05) is 12.1 Å². The van der Waals surface area contributed by atoms with Crippen LogP contribution >= 0.6 is 11.8 Å². The van der Waals surface area contributed by atoms with Crippen molar-refractivity contribution in [2.24, 2.45) is 0 Å². The molecular formula is C19H17N5OS. The largest absolute Gasteiger partial charge is 0.507 e. The van der Waals surface area contributed by atoms with Crippen LogP contribution < -0.4 is 5.32 Å². The lowest BCUT2D eigenvalue weighted by molar-refractivity contribution is 0.436. The number of fused-ring (bicyclic) bond motifs is 3. The van der Waals surface area contributed by atoms with Gasteiger partial charge in [0.15, 0.2) is 5.82 Å². The number of nitrogens with one attached hydrogen (secondary N) is 1. The fraction of sp³-hybridized carbons (Fsp3) is 0.263. The molecule has 0 aliphatic carbocycles. The van der Waals surface area contributed by atoms with Crippen LogP contribution in [0.5, 0.6) is 5.75 Å². The Morgan fingerprint density at radius 3 is 2.65 bits per heavy atom.